The van der Waals surface area contributed by atoms with E-state index >= 15 is 0 Å². The smallest absolute Gasteiger partial charge is 0.147 e. The van der Waals surface area contributed by atoms with Gasteiger partial charge in [0.25, 0.3) is 0 Å². The third-order valence-electron chi connectivity index (χ3n) is 13.8. The van der Waals surface area contributed by atoms with Crippen LogP contribution in [0.15, 0.2) is 66.2 Å². The lowest BCUT2D eigenvalue weighted by atomic mass is 9.47. The number of hydrogen-bond acceptors (Lipinski definition) is 3. The standard InChI is InChI=1S/C43H60N2O2/c1-30(2)12-11-13-31(3)36-20-21-37-35-19-18-33-28-34(22-24-42(33,4)38(35)23-25-43(36,37)5)47-29-46-27-26-45-40-17-10-9-16-39(40)44-41(45)32-14-7-6-8-15-32/h6-10,14-18,30-31,34-38H,11-13,19-29H2,1-5H3. The molecule has 8 atom stereocenters. The summed E-state index contributed by atoms with van der Waals surface area (Å²) in [4.78, 5) is 4.95. The molecule has 7 rings (SSSR count). The van der Waals surface area contributed by atoms with Crippen molar-refractivity contribution in [2.75, 3.05) is 13.4 Å². The summed E-state index contributed by atoms with van der Waals surface area (Å²) in [6, 6.07) is 18.9. The molecular weight excluding hydrogens is 576 g/mol. The van der Waals surface area contributed by atoms with Gasteiger partial charge in [-0.05, 0) is 110 Å². The lowest BCUT2D eigenvalue weighted by Crippen LogP contribution is -2.51. The first-order valence-electron chi connectivity index (χ1n) is 19.2. The lowest BCUT2D eigenvalue weighted by Gasteiger charge is -2.58. The molecular formula is C43H60N2O2. The van der Waals surface area contributed by atoms with E-state index in [1.807, 2.05) is 0 Å². The van der Waals surface area contributed by atoms with E-state index in [-0.39, 0.29) is 6.10 Å². The first kappa shape index (κ1) is 33.1. The molecule has 1 aromatic heterocycles. The Balaban J connectivity index is 0.930. The molecule has 3 saturated carbocycles. The van der Waals surface area contributed by atoms with Crippen LogP contribution in [0.3, 0.4) is 0 Å². The largest absolute Gasteiger partial charge is 0.354 e. The number of nitrogens with zero attached hydrogens (tertiary/aromatic N) is 2. The maximum absolute atomic E-state index is 6.42. The summed E-state index contributed by atoms with van der Waals surface area (Å²) >= 11 is 0. The van der Waals surface area contributed by atoms with Gasteiger partial charge in [0, 0.05) is 12.1 Å². The molecule has 4 aliphatic rings. The fraction of sp³-hybridized carbons (Fsp3) is 0.651. The fourth-order valence-electron chi connectivity index (χ4n) is 11.3. The Labute approximate surface area is 284 Å². The quantitative estimate of drug-likeness (QED) is 0.113. The Hall–Kier alpha value is -2.43. The molecule has 47 heavy (non-hydrogen) atoms. The maximum atomic E-state index is 6.42. The lowest BCUT2D eigenvalue weighted by molar-refractivity contribution is -0.111. The van der Waals surface area contributed by atoms with Gasteiger partial charge < -0.3 is 14.0 Å². The van der Waals surface area contributed by atoms with Gasteiger partial charge in [0.1, 0.15) is 12.6 Å². The van der Waals surface area contributed by atoms with E-state index in [4.69, 9.17) is 14.5 Å². The SMILES string of the molecule is CC(C)CCCC(C)C1CCC2C3CC=C4CC(OCOCCn5c(-c6ccccc6)nc6ccccc65)CCC4(C)C3CCC12C. The second-order valence-electron chi connectivity index (χ2n) is 16.8. The number of ether oxygens (including phenoxy) is 2. The minimum absolute atomic E-state index is 0.274. The van der Waals surface area contributed by atoms with Crippen LogP contribution >= 0.6 is 0 Å². The Morgan fingerprint density at radius 3 is 2.53 bits per heavy atom. The zero-order valence-electron chi connectivity index (χ0n) is 29.9. The molecule has 0 N–H and O–H groups in total. The number of fused-ring (bicyclic) bond motifs is 6. The van der Waals surface area contributed by atoms with Crippen molar-refractivity contribution in [2.45, 2.75) is 118 Å². The van der Waals surface area contributed by atoms with Crippen molar-refractivity contribution in [3.63, 3.8) is 0 Å². The molecule has 0 radical (unpaired) electrons. The number of benzene rings is 2. The monoisotopic (exact) mass is 636 g/mol. The first-order valence-corrected chi connectivity index (χ1v) is 19.2. The zero-order valence-corrected chi connectivity index (χ0v) is 29.9. The molecule has 2 aromatic carbocycles. The van der Waals surface area contributed by atoms with Crippen molar-refractivity contribution in [1.29, 1.82) is 0 Å². The Bertz CT molecular complexity index is 1530. The van der Waals surface area contributed by atoms with Gasteiger partial charge in [-0.25, -0.2) is 4.98 Å². The highest BCUT2D eigenvalue weighted by Gasteiger charge is 2.59. The highest BCUT2D eigenvalue weighted by atomic mass is 16.7. The Morgan fingerprint density at radius 2 is 1.70 bits per heavy atom. The van der Waals surface area contributed by atoms with Crippen molar-refractivity contribution in [3.05, 3.63) is 66.2 Å². The van der Waals surface area contributed by atoms with Crippen molar-refractivity contribution in [1.82, 2.24) is 9.55 Å². The normalized spacial score (nSPS) is 32.6. The molecule has 0 bridgehead atoms. The summed E-state index contributed by atoms with van der Waals surface area (Å²) < 4.78 is 14.8. The molecule has 0 saturated heterocycles. The first-order chi connectivity index (χ1) is 22.8. The molecule has 4 nitrogen and oxygen atoms in total. The van der Waals surface area contributed by atoms with E-state index in [1.165, 1.54) is 57.8 Å². The average Bonchev–Trinajstić information content (AvgIpc) is 3.62. The van der Waals surface area contributed by atoms with Crippen LogP contribution in [0.2, 0.25) is 0 Å². The summed E-state index contributed by atoms with van der Waals surface area (Å²) in [6.07, 6.45) is 17.8. The predicted molar refractivity (Wildman–Crippen MR) is 194 cm³/mol. The molecule has 3 aromatic rings. The maximum Gasteiger partial charge on any atom is 0.147 e. The molecule has 254 valence electrons. The zero-order chi connectivity index (χ0) is 32.6. The summed E-state index contributed by atoms with van der Waals surface area (Å²) in [7, 11) is 0. The van der Waals surface area contributed by atoms with Crippen LogP contribution in [0.4, 0.5) is 0 Å². The third-order valence-corrected chi connectivity index (χ3v) is 13.8. The minimum Gasteiger partial charge on any atom is -0.354 e. The van der Waals surface area contributed by atoms with Crippen molar-refractivity contribution in [2.24, 2.45) is 46.3 Å². The second-order valence-corrected chi connectivity index (χ2v) is 16.8. The molecule has 0 amide bonds. The van der Waals surface area contributed by atoms with E-state index in [9.17, 15) is 0 Å². The van der Waals surface area contributed by atoms with Crippen molar-refractivity contribution in [3.8, 4) is 11.4 Å². The number of imidazole rings is 1. The summed E-state index contributed by atoms with van der Waals surface area (Å²) in [5, 5.41) is 0. The minimum atomic E-state index is 0.274. The number of para-hydroxylation sites is 2. The third kappa shape index (κ3) is 6.39. The molecule has 1 heterocycles. The van der Waals surface area contributed by atoms with Crippen LogP contribution < -0.4 is 0 Å². The highest BCUT2D eigenvalue weighted by Crippen LogP contribution is 2.67. The van der Waals surface area contributed by atoms with Crippen LogP contribution in [0, 0.1) is 46.3 Å². The van der Waals surface area contributed by atoms with Gasteiger partial charge in [-0.3, -0.25) is 0 Å². The number of allylic oxidation sites excluding steroid dienone is 1. The predicted octanol–water partition coefficient (Wildman–Crippen LogP) is 11.1. The average molecular weight is 637 g/mol. The van der Waals surface area contributed by atoms with Gasteiger partial charge in [0.2, 0.25) is 0 Å². The number of hydrogen-bond donors (Lipinski definition) is 0. The number of rotatable bonds is 12. The second kappa shape index (κ2) is 13.8. The van der Waals surface area contributed by atoms with E-state index in [1.54, 1.807) is 5.57 Å². The van der Waals surface area contributed by atoms with Crippen LogP contribution in [-0.4, -0.2) is 29.1 Å². The van der Waals surface area contributed by atoms with E-state index < -0.39 is 0 Å². The van der Waals surface area contributed by atoms with Crippen LogP contribution in [0.1, 0.15) is 105 Å². The topological polar surface area (TPSA) is 36.3 Å². The van der Waals surface area contributed by atoms with Crippen molar-refractivity contribution < 1.29 is 9.47 Å². The summed E-state index contributed by atoms with van der Waals surface area (Å²) in [6.45, 7) is 14.4. The molecule has 3 fully saturated rings. The van der Waals surface area contributed by atoms with Gasteiger partial charge in [-0.1, -0.05) is 108 Å². The molecule has 0 spiro atoms. The molecule has 4 aliphatic carbocycles. The van der Waals surface area contributed by atoms with E-state index in [0.29, 0.717) is 24.2 Å². The van der Waals surface area contributed by atoms with Crippen molar-refractivity contribution >= 4 is 11.0 Å². The van der Waals surface area contributed by atoms with E-state index in [0.717, 1.165) is 77.3 Å². The molecule has 8 unspecified atom stereocenters. The fourth-order valence-corrected chi connectivity index (χ4v) is 11.3. The van der Waals surface area contributed by atoms with Crippen LogP contribution in [0.25, 0.3) is 22.4 Å². The van der Waals surface area contributed by atoms with Crippen LogP contribution in [-0.2, 0) is 16.0 Å². The van der Waals surface area contributed by atoms with Gasteiger partial charge in [-0.2, -0.15) is 0 Å². The number of aromatic nitrogens is 2. The molecule has 0 aliphatic heterocycles. The molecule has 4 heteroatoms. The Morgan fingerprint density at radius 1 is 0.894 bits per heavy atom. The van der Waals surface area contributed by atoms with Crippen LogP contribution in [0.5, 0.6) is 0 Å². The highest BCUT2D eigenvalue weighted by molar-refractivity contribution is 5.80. The summed E-state index contributed by atoms with van der Waals surface area (Å²) in [5.74, 6) is 6.31. The van der Waals surface area contributed by atoms with E-state index in [2.05, 4.69) is 99.9 Å². The van der Waals surface area contributed by atoms with Gasteiger partial charge in [0.05, 0.1) is 23.7 Å². The van der Waals surface area contributed by atoms with Gasteiger partial charge >= 0.3 is 0 Å². The van der Waals surface area contributed by atoms with Gasteiger partial charge in [-0.15, -0.1) is 0 Å². The van der Waals surface area contributed by atoms with Gasteiger partial charge in [0.15, 0.2) is 0 Å². The summed E-state index contributed by atoms with van der Waals surface area (Å²) in [5.41, 5.74) is 5.93. The Kier molecular flexibility index (Phi) is 9.73.